The van der Waals surface area contributed by atoms with Crippen molar-refractivity contribution in [2.75, 3.05) is 0 Å². The van der Waals surface area contributed by atoms with Gasteiger partial charge in [-0.05, 0) is 43.3 Å². The molecule has 0 spiro atoms. The number of hydrogen-bond acceptors (Lipinski definition) is 5. The number of para-hydroxylation sites is 2. The molecule has 3 heterocycles. The number of fused-ring (bicyclic) bond motifs is 1. The van der Waals surface area contributed by atoms with Crippen molar-refractivity contribution in [1.82, 2.24) is 20.2 Å². The molecule has 0 bridgehead atoms. The van der Waals surface area contributed by atoms with Crippen LogP contribution in [0.5, 0.6) is 0 Å². The predicted octanol–water partition coefficient (Wildman–Crippen LogP) is 3.03. The first-order valence-electron chi connectivity index (χ1n) is 9.20. The van der Waals surface area contributed by atoms with Gasteiger partial charge in [0.15, 0.2) is 5.76 Å². The fourth-order valence-electron chi connectivity index (χ4n) is 3.13. The topological polar surface area (TPSA) is 102 Å². The summed E-state index contributed by atoms with van der Waals surface area (Å²) in [5.41, 5.74) is 1.56. The van der Waals surface area contributed by atoms with Crippen LogP contribution in [0.3, 0.4) is 0 Å². The van der Waals surface area contributed by atoms with E-state index in [0.29, 0.717) is 18.1 Å². The van der Waals surface area contributed by atoms with E-state index < -0.39 is 6.04 Å². The van der Waals surface area contributed by atoms with Crippen molar-refractivity contribution in [3.63, 3.8) is 0 Å². The summed E-state index contributed by atoms with van der Waals surface area (Å²) >= 11 is 0. The molecule has 148 valence electrons. The second-order valence-corrected chi connectivity index (χ2v) is 6.57. The molecule has 0 aliphatic heterocycles. The monoisotopic (exact) mass is 392 g/mol. The maximum absolute atomic E-state index is 12.5. The molecule has 0 aliphatic carbocycles. The van der Waals surface area contributed by atoms with Gasteiger partial charge < -0.3 is 24.0 Å². The highest BCUT2D eigenvalue weighted by Gasteiger charge is 2.21. The van der Waals surface area contributed by atoms with Crippen LogP contribution in [0.25, 0.3) is 11.0 Å². The van der Waals surface area contributed by atoms with E-state index in [1.165, 1.54) is 6.26 Å². The average Bonchev–Trinajstić information content (AvgIpc) is 3.47. The van der Waals surface area contributed by atoms with Gasteiger partial charge in [0.2, 0.25) is 5.91 Å². The van der Waals surface area contributed by atoms with Gasteiger partial charge in [0.25, 0.3) is 5.91 Å². The molecule has 8 heteroatoms. The van der Waals surface area contributed by atoms with Crippen LogP contribution < -0.4 is 10.6 Å². The minimum absolute atomic E-state index is 0.0670. The van der Waals surface area contributed by atoms with Crippen LogP contribution >= 0.6 is 0 Å². The maximum Gasteiger partial charge on any atom is 0.287 e. The van der Waals surface area contributed by atoms with Gasteiger partial charge in [-0.25, -0.2) is 4.98 Å². The molecule has 4 aromatic rings. The molecule has 1 atom stereocenters. The van der Waals surface area contributed by atoms with Crippen molar-refractivity contribution in [3.8, 4) is 0 Å². The third-order valence-corrected chi connectivity index (χ3v) is 4.51. The SMILES string of the molecule is CC(NC(=O)c1ccco1)c1nc2ccccc2n1CC(=O)NCc1ccco1. The molecule has 1 unspecified atom stereocenters. The van der Waals surface area contributed by atoms with E-state index in [2.05, 4.69) is 15.6 Å². The molecular formula is C21H20N4O4. The van der Waals surface area contributed by atoms with Crippen LogP contribution in [-0.2, 0) is 17.9 Å². The zero-order valence-corrected chi connectivity index (χ0v) is 15.8. The first kappa shape index (κ1) is 18.5. The Hall–Kier alpha value is -3.81. The van der Waals surface area contributed by atoms with Crippen LogP contribution in [0.2, 0.25) is 0 Å². The number of rotatable bonds is 7. The van der Waals surface area contributed by atoms with Crippen molar-refractivity contribution < 1.29 is 18.4 Å². The minimum Gasteiger partial charge on any atom is -0.467 e. The molecule has 0 aliphatic rings. The van der Waals surface area contributed by atoms with Crippen LogP contribution in [0.15, 0.2) is 69.9 Å². The maximum atomic E-state index is 12.5. The summed E-state index contributed by atoms with van der Waals surface area (Å²) in [5, 5.41) is 5.70. The Morgan fingerprint density at radius 3 is 2.62 bits per heavy atom. The van der Waals surface area contributed by atoms with Gasteiger partial charge in [-0.15, -0.1) is 0 Å². The molecule has 1 aromatic carbocycles. The first-order chi connectivity index (χ1) is 14.1. The molecule has 0 fully saturated rings. The van der Waals surface area contributed by atoms with Crippen LogP contribution in [-0.4, -0.2) is 21.4 Å². The van der Waals surface area contributed by atoms with Crippen LogP contribution in [0.4, 0.5) is 0 Å². The fraction of sp³-hybridized carbons (Fsp3) is 0.190. The number of benzene rings is 1. The number of carbonyl (C=O) groups excluding carboxylic acids is 2. The lowest BCUT2D eigenvalue weighted by Crippen LogP contribution is -2.31. The van der Waals surface area contributed by atoms with E-state index >= 15 is 0 Å². The molecule has 29 heavy (non-hydrogen) atoms. The zero-order valence-electron chi connectivity index (χ0n) is 15.8. The summed E-state index contributed by atoms with van der Waals surface area (Å²) in [6.45, 7) is 2.19. The smallest absolute Gasteiger partial charge is 0.287 e. The van der Waals surface area contributed by atoms with Crippen LogP contribution in [0, 0.1) is 0 Å². The molecule has 2 amide bonds. The lowest BCUT2D eigenvalue weighted by atomic mass is 10.3. The van der Waals surface area contributed by atoms with E-state index in [-0.39, 0.29) is 24.1 Å². The Morgan fingerprint density at radius 2 is 1.86 bits per heavy atom. The van der Waals surface area contributed by atoms with Gasteiger partial charge >= 0.3 is 0 Å². The average molecular weight is 392 g/mol. The van der Waals surface area contributed by atoms with Gasteiger partial charge in [0.05, 0.1) is 36.1 Å². The molecule has 2 N–H and O–H groups in total. The minimum atomic E-state index is -0.433. The van der Waals surface area contributed by atoms with Crippen molar-refractivity contribution >= 4 is 22.8 Å². The number of aromatic nitrogens is 2. The van der Waals surface area contributed by atoms with E-state index in [1.54, 1.807) is 35.1 Å². The van der Waals surface area contributed by atoms with Gasteiger partial charge in [-0.1, -0.05) is 12.1 Å². The van der Waals surface area contributed by atoms with E-state index in [9.17, 15) is 9.59 Å². The van der Waals surface area contributed by atoms with E-state index in [4.69, 9.17) is 8.83 Å². The second kappa shape index (κ2) is 8.05. The molecular weight excluding hydrogens is 372 g/mol. The molecule has 0 radical (unpaired) electrons. The van der Waals surface area contributed by atoms with E-state index in [1.807, 2.05) is 31.2 Å². The highest BCUT2D eigenvalue weighted by molar-refractivity contribution is 5.91. The quantitative estimate of drug-likeness (QED) is 0.503. The second-order valence-electron chi connectivity index (χ2n) is 6.57. The molecule has 3 aromatic heterocycles. The largest absolute Gasteiger partial charge is 0.467 e. The standard InChI is InChI=1S/C21H20N4O4/c1-14(23-21(27)18-9-5-11-29-18)20-24-16-7-2-3-8-17(16)25(20)13-19(26)22-12-15-6-4-10-28-15/h2-11,14H,12-13H2,1H3,(H,22,26)(H,23,27). The molecule has 8 nitrogen and oxygen atoms in total. The Morgan fingerprint density at radius 1 is 1.07 bits per heavy atom. The molecule has 4 rings (SSSR count). The summed E-state index contributed by atoms with van der Waals surface area (Å²) in [7, 11) is 0. The normalized spacial score (nSPS) is 12.0. The van der Waals surface area contributed by atoms with Gasteiger partial charge in [0.1, 0.15) is 18.1 Å². The van der Waals surface area contributed by atoms with Crippen molar-refractivity contribution in [2.45, 2.75) is 26.1 Å². The van der Waals surface area contributed by atoms with Crippen molar-refractivity contribution in [2.24, 2.45) is 0 Å². The first-order valence-corrected chi connectivity index (χ1v) is 9.20. The number of nitrogens with zero attached hydrogens (tertiary/aromatic N) is 2. The van der Waals surface area contributed by atoms with Gasteiger partial charge in [-0.3, -0.25) is 9.59 Å². The zero-order chi connectivity index (χ0) is 20.2. The lowest BCUT2D eigenvalue weighted by molar-refractivity contribution is -0.121. The van der Waals surface area contributed by atoms with Crippen molar-refractivity contribution in [1.29, 1.82) is 0 Å². The van der Waals surface area contributed by atoms with Gasteiger partial charge in [-0.2, -0.15) is 0 Å². The Balaban J connectivity index is 1.55. The number of carbonyl (C=O) groups is 2. The van der Waals surface area contributed by atoms with Crippen LogP contribution in [0.1, 0.15) is 35.1 Å². The number of nitrogens with one attached hydrogen (secondary N) is 2. The Bertz CT molecular complexity index is 1110. The van der Waals surface area contributed by atoms with Gasteiger partial charge in [0, 0.05) is 0 Å². The fourth-order valence-corrected chi connectivity index (χ4v) is 3.13. The highest BCUT2D eigenvalue weighted by Crippen LogP contribution is 2.21. The van der Waals surface area contributed by atoms with Crippen molar-refractivity contribution in [3.05, 3.63) is 78.4 Å². The summed E-state index contributed by atoms with van der Waals surface area (Å²) in [6, 6.07) is 13.9. The summed E-state index contributed by atoms with van der Waals surface area (Å²) in [5.74, 6) is 0.946. The highest BCUT2D eigenvalue weighted by atomic mass is 16.3. The third kappa shape index (κ3) is 4.06. The number of imidazole rings is 1. The Kier molecular flexibility index (Phi) is 5.15. The Labute approximate surface area is 166 Å². The third-order valence-electron chi connectivity index (χ3n) is 4.51. The molecule has 0 saturated heterocycles. The number of furan rings is 2. The summed E-state index contributed by atoms with van der Waals surface area (Å²) in [4.78, 5) is 29.5. The number of amides is 2. The van der Waals surface area contributed by atoms with E-state index in [0.717, 1.165) is 11.0 Å². The number of hydrogen-bond donors (Lipinski definition) is 2. The molecule has 0 saturated carbocycles. The lowest BCUT2D eigenvalue weighted by Gasteiger charge is -2.15. The predicted molar refractivity (Wildman–Crippen MR) is 105 cm³/mol. The summed E-state index contributed by atoms with van der Waals surface area (Å²) in [6.07, 6.45) is 3.00. The summed E-state index contributed by atoms with van der Waals surface area (Å²) < 4.78 is 12.2.